The van der Waals surface area contributed by atoms with Gasteiger partial charge in [-0.3, -0.25) is 9.59 Å². The number of hydrogen-bond acceptors (Lipinski definition) is 7. The molecule has 3 rings (SSSR count). The molecule has 134 valence electrons. The summed E-state index contributed by atoms with van der Waals surface area (Å²) in [5, 5.41) is 5.35. The molecule has 0 spiro atoms. The highest BCUT2D eigenvalue weighted by Gasteiger charge is 2.14. The van der Waals surface area contributed by atoms with Gasteiger partial charge in [-0.05, 0) is 19.9 Å². The summed E-state index contributed by atoms with van der Waals surface area (Å²) in [6.07, 6.45) is 2.87. The third-order valence-corrected chi connectivity index (χ3v) is 4.25. The lowest BCUT2D eigenvalue weighted by molar-refractivity contribution is 0.0948. The standard InChI is InChI=1S/C17H17N5O3S/c1-3-25-17-11(5-4-6-18-17)7-20-15(23)12-8-19-14(22-16(12)24)13-9-26-10(2)21-13/h4-6,8-9H,3,7H2,1-2H3,(H,20,23)(H,19,22,24). The van der Waals surface area contributed by atoms with Gasteiger partial charge in [-0.15, -0.1) is 11.3 Å². The van der Waals surface area contributed by atoms with E-state index in [9.17, 15) is 9.59 Å². The topological polar surface area (TPSA) is 110 Å². The van der Waals surface area contributed by atoms with E-state index in [1.165, 1.54) is 17.5 Å². The van der Waals surface area contributed by atoms with Crippen LogP contribution < -0.4 is 15.6 Å². The molecule has 9 heteroatoms. The van der Waals surface area contributed by atoms with Gasteiger partial charge in [0.25, 0.3) is 11.5 Å². The molecule has 0 unspecified atom stereocenters. The van der Waals surface area contributed by atoms with Crippen molar-refractivity contribution in [1.82, 2.24) is 25.3 Å². The minimum absolute atomic E-state index is 0.0671. The molecule has 0 aliphatic rings. The second-order valence-corrected chi connectivity index (χ2v) is 6.37. The number of aromatic nitrogens is 4. The molecule has 0 aromatic carbocycles. The Morgan fingerprint density at radius 2 is 2.23 bits per heavy atom. The van der Waals surface area contributed by atoms with Crippen LogP contribution in [0.3, 0.4) is 0 Å². The van der Waals surface area contributed by atoms with E-state index in [4.69, 9.17) is 4.74 Å². The third-order valence-electron chi connectivity index (χ3n) is 3.48. The second kappa shape index (κ2) is 7.87. The first-order valence-corrected chi connectivity index (χ1v) is 8.83. The number of nitrogens with zero attached hydrogens (tertiary/aromatic N) is 3. The molecule has 0 aliphatic carbocycles. The van der Waals surface area contributed by atoms with Crippen LogP contribution in [-0.2, 0) is 6.54 Å². The zero-order valence-corrected chi connectivity index (χ0v) is 15.1. The largest absolute Gasteiger partial charge is 0.478 e. The molecule has 26 heavy (non-hydrogen) atoms. The summed E-state index contributed by atoms with van der Waals surface area (Å²) < 4.78 is 5.42. The quantitative estimate of drug-likeness (QED) is 0.685. The molecular weight excluding hydrogens is 354 g/mol. The molecule has 8 nitrogen and oxygen atoms in total. The molecule has 3 heterocycles. The van der Waals surface area contributed by atoms with E-state index in [0.717, 1.165) is 10.6 Å². The Balaban J connectivity index is 1.73. The van der Waals surface area contributed by atoms with Gasteiger partial charge < -0.3 is 15.0 Å². The fourth-order valence-electron chi connectivity index (χ4n) is 2.26. The molecule has 0 saturated heterocycles. The average molecular weight is 371 g/mol. The Morgan fingerprint density at radius 1 is 1.38 bits per heavy atom. The fourth-order valence-corrected chi connectivity index (χ4v) is 2.85. The molecule has 0 radical (unpaired) electrons. The van der Waals surface area contributed by atoms with Crippen molar-refractivity contribution in [3.8, 4) is 17.4 Å². The number of thiazole rings is 1. The molecule has 1 amide bonds. The van der Waals surface area contributed by atoms with Crippen LogP contribution in [0.25, 0.3) is 11.5 Å². The maximum Gasteiger partial charge on any atom is 0.264 e. The van der Waals surface area contributed by atoms with Gasteiger partial charge in [-0.1, -0.05) is 6.07 Å². The zero-order valence-electron chi connectivity index (χ0n) is 14.3. The number of hydrogen-bond donors (Lipinski definition) is 2. The Morgan fingerprint density at radius 3 is 2.92 bits per heavy atom. The fraction of sp³-hybridized carbons (Fsp3) is 0.235. The highest BCUT2D eigenvalue weighted by atomic mass is 32.1. The van der Waals surface area contributed by atoms with Crippen molar-refractivity contribution in [1.29, 1.82) is 0 Å². The van der Waals surface area contributed by atoms with Crippen molar-refractivity contribution in [3.63, 3.8) is 0 Å². The molecule has 0 fully saturated rings. The number of aryl methyl sites for hydroxylation is 1. The number of nitrogens with one attached hydrogen (secondary N) is 2. The van der Waals surface area contributed by atoms with Crippen LogP contribution >= 0.6 is 11.3 Å². The van der Waals surface area contributed by atoms with Gasteiger partial charge in [0.05, 0.1) is 11.6 Å². The summed E-state index contributed by atoms with van der Waals surface area (Å²) in [4.78, 5) is 39.7. The van der Waals surface area contributed by atoms with Gasteiger partial charge >= 0.3 is 0 Å². The summed E-state index contributed by atoms with van der Waals surface area (Å²) in [5.74, 6) is 0.268. The lowest BCUT2D eigenvalue weighted by Crippen LogP contribution is -2.30. The average Bonchev–Trinajstić information content (AvgIpc) is 3.07. The Bertz CT molecular complexity index is 982. The SMILES string of the molecule is CCOc1ncccc1CNC(=O)c1cnc(-c2csc(C)n2)[nH]c1=O. The van der Waals surface area contributed by atoms with E-state index in [0.29, 0.717) is 24.0 Å². The number of H-pyrrole nitrogens is 1. The van der Waals surface area contributed by atoms with E-state index < -0.39 is 11.5 Å². The van der Waals surface area contributed by atoms with E-state index in [1.807, 2.05) is 13.8 Å². The van der Waals surface area contributed by atoms with Gasteiger partial charge in [-0.2, -0.15) is 0 Å². The Labute approximate surface area is 153 Å². The normalized spacial score (nSPS) is 10.5. The van der Waals surface area contributed by atoms with Crippen molar-refractivity contribution in [2.24, 2.45) is 0 Å². The van der Waals surface area contributed by atoms with Gasteiger partial charge in [0.2, 0.25) is 5.88 Å². The first-order valence-electron chi connectivity index (χ1n) is 7.95. The summed E-state index contributed by atoms with van der Waals surface area (Å²) in [6, 6.07) is 3.55. The number of pyridine rings is 1. The molecule has 0 aliphatic heterocycles. The van der Waals surface area contributed by atoms with Crippen LogP contribution in [0.2, 0.25) is 0 Å². The lowest BCUT2D eigenvalue weighted by Gasteiger charge is -2.09. The Kier molecular flexibility index (Phi) is 5.37. The summed E-state index contributed by atoms with van der Waals surface area (Å²) in [5.41, 5.74) is 0.715. The van der Waals surface area contributed by atoms with Crippen LogP contribution in [0, 0.1) is 6.92 Å². The molecule has 0 bridgehead atoms. The van der Waals surface area contributed by atoms with Crippen molar-refractivity contribution in [3.05, 3.63) is 56.4 Å². The van der Waals surface area contributed by atoms with E-state index in [1.54, 1.807) is 23.7 Å². The zero-order chi connectivity index (χ0) is 18.5. The predicted octanol–water partition coefficient (Wildman–Crippen LogP) is 1.93. The maximum atomic E-state index is 12.3. The van der Waals surface area contributed by atoms with Gasteiger partial charge in [-0.25, -0.2) is 15.0 Å². The summed E-state index contributed by atoms with van der Waals surface area (Å²) >= 11 is 1.46. The highest BCUT2D eigenvalue weighted by molar-refractivity contribution is 7.09. The first-order chi connectivity index (χ1) is 12.6. The summed E-state index contributed by atoms with van der Waals surface area (Å²) in [6.45, 7) is 4.38. The van der Waals surface area contributed by atoms with E-state index >= 15 is 0 Å². The van der Waals surface area contributed by atoms with Gasteiger partial charge in [0.1, 0.15) is 11.3 Å². The van der Waals surface area contributed by atoms with E-state index in [-0.39, 0.29) is 12.1 Å². The molecule has 3 aromatic rings. The van der Waals surface area contributed by atoms with Crippen molar-refractivity contribution in [2.45, 2.75) is 20.4 Å². The highest BCUT2D eigenvalue weighted by Crippen LogP contribution is 2.17. The van der Waals surface area contributed by atoms with Gasteiger partial charge in [0, 0.05) is 29.9 Å². The Hall–Kier alpha value is -3.07. The monoisotopic (exact) mass is 371 g/mol. The molecular formula is C17H17N5O3S. The molecule has 2 N–H and O–H groups in total. The van der Waals surface area contributed by atoms with Crippen molar-refractivity contribution in [2.75, 3.05) is 6.61 Å². The van der Waals surface area contributed by atoms with Crippen molar-refractivity contribution >= 4 is 17.2 Å². The second-order valence-electron chi connectivity index (χ2n) is 5.31. The van der Waals surface area contributed by atoms with Gasteiger partial charge in [0.15, 0.2) is 5.82 Å². The molecule has 3 aromatic heterocycles. The van der Waals surface area contributed by atoms with Crippen LogP contribution in [0.15, 0.2) is 34.7 Å². The maximum absolute atomic E-state index is 12.3. The number of rotatable bonds is 6. The molecule has 0 saturated carbocycles. The number of carbonyl (C=O) groups excluding carboxylic acids is 1. The minimum Gasteiger partial charge on any atom is -0.478 e. The van der Waals surface area contributed by atoms with Crippen LogP contribution in [-0.4, -0.2) is 32.4 Å². The number of carbonyl (C=O) groups is 1. The van der Waals surface area contributed by atoms with Crippen LogP contribution in [0.1, 0.15) is 27.9 Å². The van der Waals surface area contributed by atoms with E-state index in [2.05, 4.69) is 25.3 Å². The number of aromatic amines is 1. The lowest BCUT2D eigenvalue weighted by atomic mass is 10.2. The first kappa shape index (κ1) is 17.7. The number of amides is 1. The van der Waals surface area contributed by atoms with Crippen molar-refractivity contribution < 1.29 is 9.53 Å². The summed E-state index contributed by atoms with van der Waals surface area (Å²) in [7, 11) is 0. The van der Waals surface area contributed by atoms with Crippen LogP contribution in [0.4, 0.5) is 0 Å². The molecule has 0 atom stereocenters. The number of ether oxygens (including phenoxy) is 1. The third kappa shape index (κ3) is 3.94. The smallest absolute Gasteiger partial charge is 0.264 e. The van der Waals surface area contributed by atoms with Crippen LogP contribution in [0.5, 0.6) is 5.88 Å². The predicted molar refractivity (Wildman–Crippen MR) is 97.3 cm³/mol. The minimum atomic E-state index is -0.522.